The van der Waals surface area contributed by atoms with E-state index in [2.05, 4.69) is 4.90 Å². The first kappa shape index (κ1) is 14.5. The van der Waals surface area contributed by atoms with E-state index in [1.165, 1.54) is 19.3 Å². The van der Waals surface area contributed by atoms with Crippen molar-refractivity contribution in [3.8, 4) is 0 Å². The Hall–Kier alpha value is -0.900. The SMILES string of the molecule is O=C(CCN(CCO)C1CCC1)c1ccc(Cl)cc1. The van der Waals surface area contributed by atoms with Crippen molar-refractivity contribution in [3.05, 3.63) is 34.9 Å². The van der Waals surface area contributed by atoms with Gasteiger partial charge in [0, 0.05) is 36.1 Å². The highest BCUT2D eigenvalue weighted by Crippen LogP contribution is 2.24. The van der Waals surface area contributed by atoms with Crippen LogP contribution in [-0.2, 0) is 0 Å². The zero-order valence-electron chi connectivity index (χ0n) is 11.0. The number of carbonyl (C=O) groups is 1. The molecular formula is C15H20ClNO2. The molecule has 2 rings (SSSR count). The number of Topliss-reactive ketones (excluding diaryl/α,β-unsaturated/α-hetero) is 1. The molecule has 104 valence electrons. The van der Waals surface area contributed by atoms with Crippen molar-refractivity contribution in [1.82, 2.24) is 4.90 Å². The molecule has 1 aliphatic carbocycles. The van der Waals surface area contributed by atoms with Crippen molar-refractivity contribution in [1.29, 1.82) is 0 Å². The molecule has 19 heavy (non-hydrogen) atoms. The summed E-state index contributed by atoms with van der Waals surface area (Å²) >= 11 is 5.81. The van der Waals surface area contributed by atoms with Crippen LogP contribution in [0.1, 0.15) is 36.0 Å². The van der Waals surface area contributed by atoms with Gasteiger partial charge in [-0.2, -0.15) is 0 Å². The first-order valence-corrected chi connectivity index (χ1v) is 7.22. The largest absolute Gasteiger partial charge is 0.395 e. The minimum absolute atomic E-state index is 0.138. The van der Waals surface area contributed by atoms with E-state index in [0.717, 1.165) is 6.54 Å². The zero-order chi connectivity index (χ0) is 13.7. The molecule has 0 aromatic heterocycles. The predicted octanol–water partition coefficient (Wildman–Crippen LogP) is 2.76. The van der Waals surface area contributed by atoms with Gasteiger partial charge in [0.15, 0.2) is 5.78 Å². The minimum atomic E-state index is 0.138. The maximum absolute atomic E-state index is 12.1. The van der Waals surface area contributed by atoms with Crippen LogP contribution in [0.2, 0.25) is 5.02 Å². The number of aliphatic hydroxyl groups is 1. The Kier molecular flexibility index (Phi) is 5.37. The summed E-state index contributed by atoms with van der Waals surface area (Å²) in [4.78, 5) is 14.3. The minimum Gasteiger partial charge on any atom is -0.395 e. The molecule has 1 aromatic rings. The van der Waals surface area contributed by atoms with E-state index in [4.69, 9.17) is 16.7 Å². The third kappa shape index (κ3) is 4.03. The van der Waals surface area contributed by atoms with Gasteiger partial charge in [-0.15, -0.1) is 0 Å². The van der Waals surface area contributed by atoms with Crippen molar-refractivity contribution in [3.63, 3.8) is 0 Å². The van der Waals surface area contributed by atoms with Crippen molar-refractivity contribution in [2.75, 3.05) is 19.7 Å². The van der Waals surface area contributed by atoms with Crippen LogP contribution >= 0.6 is 11.6 Å². The van der Waals surface area contributed by atoms with Crippen molar-refractivity contribution in [2.45, 2.75) is 31.7 Å². The van der Waals surface area contributed by atoms with Gasteiger partial charge in [-0.3, -0.25) is 9.69 Å². The van der Waals surface area contributed by atoms with E-state index in [0.29, 0.717) is 29.6 Å². The van der Waals surface area contributed by atoms with Crippen LogP contribution < -0.4 is 0 Å². The number of halogens is 1. The topological polar surface area (TPSA) is 40.5 Å². The summed E-state index contributed by atoms with van der Waals surface area (Å²) in [6.45, 7) is 1.55. The quantitative estimate of drug-likeness (QED) is 0.781. The second kappa shape index (κ2) is 7.04. The fourth-order valence-corrected chi connectivity index (χ4v) is 2.51. The standard InChI is InChI=1S/C15H20ClNO2/c16-13-6-4-12(5-7-13)15(19)8-9-17(10-11-18)14-2-1-3-14/h4-7,14,18H,1-3,8-11H2. The first-order chi connectivity index (χ1) is 9.20. The van der Waals surface area contributed by atoms with Crippen LogP contribution in [0, 0.1) is 0 Å². The van der Waals surface area contributed by atoms with Crippen LogP contribution in [-0.4, -0.2) is 41.5 Å². The predicted molar refractivity (Wildman–Crippen MR) is 76.7 cm³/mol. The third-order valence-electron chi connectivity index (χ3n) is 3.77. The Morgan fingerprint density at radius 3 is 2.47 bits per heavy atom. The molecule has 1 N–H and O–H groups in total. The molecule has 1 fully saturated rings. The van der Waals surface area contributed by atoms with Crippen LogP contribution in [0.3, 0.4) is 0 Å². The van der Waals surface area contributed by atoms with Gasteiger partial charge in [0.05, 0.1) is 6.61 Å². The number of benzene rings is 1. The summed E-state index contributed by atoms with van der Waals surface area (Å²) in [7, 11) is 0. The average molecular weight is 282 g/mol. The number of hydrogen-bond acceptors (Lipinski definition) is 3. The molecule has 1 aromatic carbocycles. The van der Waals surface area contributed by atoms with Gasteiger partial charge in [0.25, 0.3) is 0 Å². The average Bonchev–Trinajstić information content (AvgIpc) is 2.34. The Morgan fingerprint density at radius 2 is 1.95 bits per heavy atom. The summed E-state index contributed by atoms with van der Waals surface area (Å²) in [6.07, 6.45) is 4.14. The van der Waals surface area contributed by atoms with E-state index in [1.807, 2.05) is 0 Å². The fraction of sp³-hybridized carbons (Fsp3) is 0.533. The molecule has 0 spiro atoms. The summed E-state index contributed by atoms with van der Waals surface area (Å²) in [5.41, 5.74) is 0.710. The lowest BCUT2D eigenvalue weighted by molar-refractivity contribution is 0.0841. The third-order valence-corrected chi connectivity index (χ3v) is 4.02. The Balaban J connectivity index is 1.85. The Morgan fingerprint density at radius 1 is 1.26 bits per heavy atom. The highest BCUT2D eigenvalue weighted by atomic mass is 35.5. The van der Waals surface area contributed by atoms with Gasteiger partial charge < -0.3 is 5.11 Å². The molecule has 0 amide bonds. The molecule has 1 saturated carbocycles. The lowest BCUT2D eigenvalue weighted by Crippen LogP contribution is -2.42. The summed E-state index contributed by atoms with van der Waals surface area (Å²) in [5, 5.41) is 9.72. The molecule has 0 atom stereocenters. The highest BCUT2D eigenvalue weighted by molar-refractivity contribution is 6.30. The maximum atomic E-state index is 12.1. The molecule has 4 heteroatoms. The maximum Gasteiger partial charge on any atom is 0.164 e. The Bertz CT molecular complexity index is 415. The van der Waals surface area contributed by atoms with Crippen LogP contribution in [0.5, 0.6) is 0 Å². The van der Waals surface area contributed by atoms with Gasteiger partial charge >= 0.3 is 0 Å². The lowest BCUT2D eigenvalue weighted by Gasteiger charge is -2.37. The van der Waals surface area contributed by atoms with Crippen molar-refractivity contribution in [2.24, 2.45) is 0 Å². The zero-order valence-corrected chi connectivity index (χ0v) is 11.8. The summed E-state index contributed by atoms with van der Waals surface area (Å²) < 4.78 is 0. The number of rotatable bonds is 7. The van der Waals surface area contributed by atoms with Gasteiger partial charge in [0.1, 0.15) is 0 Å². The fourth-order valence-electron chi connectivity index (χ4n) is 2.38. The van der Waals surface area contributed by atoms with Gasteiger partial charge in [-0.25, -0.2) is 0 Å². The van der Waals surface area contributed by atoms with Gasteiger partial charge in [0.2, 0.25) is 0 Å². The second-order valence-electron chi connectivity index (χ2n) is 5.02. The van der Waals surface area contributed by atoms with E-state index in [1.54, 1.807) is 24.3 Å². The molecule has 0 saturated heterocycles. The van der Waals surface area contributed by atoms with Crippen LogP contribution in [0.25, 0.3) is 0 Å². The smallest absolute Gasteiger partial charge is 0.164 e. The molecule has 0 heterocycles. The van der Waals surface area contributed by atoms with Crippen molar-refractivity contribution < 1.29 is 9.90 Å². The first-order valence-electron chi connectivity index (χ1n) is 6.84. The lowest BCUT2D eigenvalue weighted by atomic mass is 9.91. The molecule has 1 aliphatic rings. The molecule has 0 aliphatic heterocycles. The molecule has 0 radical (unpaired) electrons. The second-order valence-corrected chi connectivity index (χ2v) is 5.46. The van der Waals surface area contributed by atoms with E-state index >= 15 is 0 Å². The van der Waals surface area contributed by atoms with Gasteiger partial charge in [-0.05, 0) is 37.1 Å². The molecule has 3 nitrogen and oxygen atoms in total. The highest BCUT2D eigenvalue weighted by Gasteiger charge is 2.24. The van der Waals surface area contributed by atoms with E-state index in [9.17, 15) is 4.79 Å². The Labute approximate surface area is 119 Å². The number of carbonyl (C=O) groups excluding carboxylic acids is 1. The van der Waals surface area contributed by atoms with Crippen molar-refractivity contribution >= 4 is 17.4 Å². The molecule has 0 unspecified atom stereocenters. The number of nitrogens with zero attached hydrogens (tertiary/aromatic N) is 1. The van der Waals surface area contributed by atoms with Gasteiger partial charge in [-0.1, -0.05) is 18.0 Å². The number of aliphatic hydroxyl groups excluding tert-OH is 1. The molecule has 0 bridgehead atoms. The molecular weight excluding hydrogens is 262 g/mol. The number of ketones is 1. The normalized spacial score (nSPS) is 15.5. The van der Waals surface area contributed by atoms with Crippen LogP contribution in [0.15, 0.2) is 24.3 Å². The van der Waals surface area contributed by atoms with Crippen LogP contribution in [0.4, 0.5) is 0 Å². The van der Waals surface area contributed by atoms with E-state index in [-0.39, 0.29) is 12.4 Å². The van der Waals surface area contributed by atoms with E-state index < -0.39 is 0 Å². The number of hydrogen-bond donors (Lipinski definition) is 1. The summed E-state index contributed by atoms with van der Waals surface area (Å²) in [5.74, 6) is 0.138. The summed E-state index contributed by atoms with van der Waals surface area (Å²) in [6, 6.07) is 7.58. The monoisotopic (exact) mass is 281 g/mol.